The van der Waals surface area contributed by atoms with E-state index >= 15 is 0 Å². The number of aryl methyl sites for hydroxylation is 3. The monoisotopic (exact) mass is 250 g/mol. The van der Waals surface area contributed by atoms with Gasteiger partial charge >= 0.3 is 0 Å². The fourth-order valence-electron chi connectivity index (χ4n) is 2.91. The van der Waals surface area contributed by atoms with Crippen LogP contribution in [0.15, 0.2) is 12.1 Å². The number of hydrogen-bond acceptors (Lipinski definition) is 3. The standard InChI is InChI=1S/C15H22O3/c1-9-6-10(2)14(11(3)7-9)15-13(17)5-4-12(8-16)18-15/h6-7,12-13,15-17H,4-5,8H2,1-3H3/t12-,13+,15-/m0/s1. The summed E-state index contributed by atoms with van der Waals surface area (Å²) in [5.41, 5.74) is 4.59. The molecule has 1 fully saturated rings. The zero-order valence-corrected chi connectivity index (χ0v) is 11.3. The molecule has 0 radical (unpaired) electrons. The summed E-state index contributed by atoms with van der Waals surface area (Å²) < 4.78 is 5.84. The highest BCUT2D eigenvalue weighted by atomic mass is 16.5. The quantitative estimate of drug-likeness (QED) is 0.846. The van der Waals surface area contributed by atoms with Crippen LogP contribution in [-0.2, 0) is 4.74 Å². The lowest BCUT2D eigenvalue weighted by Gasteiger charge is -2.35. The van der Waals surface area contributed by atoms with Gasteiger partial charge in [0.05, 0.1) is 18.8 Å². The molecule has 1 saturated heterocycles. The molecule has 0 aromatic heterocycles. The van der Waals surface area contributed by atoms with Crippen molar-refractivity contribution in [2.24, 2.45) is 0 Å². The molecule has 0 saturated carbocycles. The number of hydrogen-bond donors (Lipinski definition) is 2. The molecule has 1 aliphatic heterocycles. The molecule has 1 aliphatic rings. The number of benzene rings is 1. The molecule has 3 heteroatoms. The number of ether oxygens (including phenoxy) is 1. The lowest BCUT2D eigenvalue weighted by molar-refractivity contribution is -0.133. The Balaban J connectivity index is 2.34. The Morgan fingerprint density at radius 1 is 1.17 bits per heavy atom. The molecule has 0 spiro atoms. The summed E-state index contributed by atoms with van der Waals surface area (Å²) in [6.45, 7) is 6.19. The summed E-state index contributed by atoms with van der Waals surface area (Å²) >= 11 is 0. The highest BCUT2D eigenvalue weighted by molar-refractivity contribution is 5.39. The minimum atomic E-state index is -0.479. The van der Waals surface area contributed by atoms with Crippen molar-refractivity contribution in [1.82, 2.24) is 0 Å². The zero-order chi connectivity index (χ0) is 13.3. The van der Waals surface area contributed by atoms with Gasteiger partial charge in [0.15, 0.2) is 0 Å². The second kappa shape index (κ2) is 5.39. The lowest BCUT2D eigenvalue weighted by Crippen LogP contribution is -2.35. The molecule has 0 aliphatic carbocycles. The fraction of sp³-hybridized carbons (Fsp3) is 0.600. The highest BCUT2D eigenvalue weighted by Crippen LogP contribution is 2.35. The first-order chi connectivity index (χ1) is 8.52. The zero-order valence-electron chi connectivity index (χ0n) is 11.3. The van der Waals surface area contributed by atoms with Crippen molar-refractivity contribution in [3.63, 3.8) is 0 Å². The van der Waals surface area contributed by atoms with Crippen molar-refractivity contribution in [3.8, 4) is 0 Å². The van der Waals surface area contributed by atoms with E-state index in [9.17, 15) is 10.2 Å². The predicted molar refractivity (Wildman–Crippen MR) is 70.6 cm³/mol. The Morgan fingerprint density at radius 3 is 2.33 bits per heavy atom. The van der Waals surface area contributed by atoms with E-state index in [1.807, 2.05) is 13.8 Å². The summed E-state index contributed by atoms with van der Waals surface area (Å²) in [5, 5.41) is 19.4. The Labute approximate surface area is 108 Å². The Bertz CT molecular complexity index is 405. The molecule has 100 valence electrons. The third kappa shape index (κ3) is 2.58. The van der Waals surface area contributed by atoms with Crippen LogP contribution in [0.5, 0.6) is 0 Å². The minimum Gasteiger partial charge on any atom is -0.394 e. The van der Waals surface area contributed by atoms with E-state index in [-0.39, 0.29) is 18.8 Å². The van der Waals surface area contributed by atoms with Gasteiger partial charge in [-0.15, -0.1) is 0 Å². The SMILES string of the molecule is Cc1cc(C)c([C@H]2O[C@H](CO)CC[C@H]2O)c(C)c1. The van der Waals surface area contributed by atoms with Crippen molar-refractivity contribution in [2.75, 3.05) is 6.61 Å². The smallest absolute Gasteiger partial charge is 0.109 e. The van der Waals surface area contributed by atoms with Gasteiger partial charge in [0, 0.05) is 0 Å². The van der Waals surface area contributed by atoms with E-state index in [0.717, 1.165) is 23.1 Å². The summed E-state index contributed by atoms with van der Waals surface area (Å²) in [4.78, 5) is 0. The molecule has 0 unspecified atom stereocenters. The Kier molecular flexibility index (Phi) is 4.05. The average Bonchev–Trinajstić information content (AvgIpc) is 2.30. The first-order valence-electron chi connectivity index (χ1n) is 6.55. The Morgan fingerprint density at radius 2 is 1.78 bits per heavy atom. The van der Waals surface area contributed by atoms with Crippen molar-refractivity contribution < 1.29 is 14.9 Å². The third-order valence-corrected chi connectivity index (χ3v) is 3.70. The van der Waals surface area contributed by atoms with Crippen LogP contribution in [-0.4, -0.2) is 29.0 Å². The van der Waals surface area contributed by atoms with E-state index in [2.05, 4.69) is 19.1 Å². The van der Waals surface area contributed by atoms with Crippen LogP contribution < -0.4 is 0 Å². The maximum atomic E-state index is 10.1. The summed E-state index contributed by atoms with van der Waals surface area (Å²) in [7, 11) is 0. The van der Waals surface area contributed by atoms with E-state index in [0.29, 0.717) is 6.42 Å². The summed E-state index contributed by atoms with van der Waals surface area (Å²) in [5.74, 6) is 0. The molecule has 1 aromatic rings. The summed E-state index contributed by atoms with van der Waals surface area (Å²) in [6, 6.07) is 4.22. The van der Waals surface area contributed by atoms with E-state index in [4.69, 9.17) is 4.74 Å². The third-order valence-electron chi connectivity index (χ3n) is 3.70. The predicted octanol–water partition coefficient (Wildman–Crippen LogP) is 2.19. The first-order valence-corrected chi connectivity index (χ1v) is 6.55. The molecule has 3 nitrogen and oxygen atoms in total. The fourth-order valence-corrected chi connectivity index (χ4v) is 2.91. The van der Waals surface area contributed by atoms with Crippen LogP contribution in [0, 0.1) is 20.8 Å². The van der Waals surface area contributed by atoms with Gasteiger partial charge in [-0.05, 0) is 50.3 Å². The molecule has 18 heavy (non-hydrogen) atoms. The van der Waals surface area contributed by atoms with Crippen molar-refractivity contribution in [2.45, 2.75) is 51.9 Å². The van der Waals surface area contributed by atoms with Crippen LogP contribution in [0.25, 0.3) is 0 Å². The van der Waals surface area contributed by atoms with Gasteiger partial charge in [-0.2, -0.15) is 0 Å². The number of aliphatic hydroxyl groups excluding tert-OH is 2. The molecular formula is C15H22O3. The van der Waals surface area contributed by atoms with Gasteiger partial charge in [0.25, 0.3) is 0 Å². The second-order valence-electron chi connectivity index (χ2n) is 5.32. The van der Waals surface area contributed by atoms with Gasteiger partial charge in [0.1, 0.15) is 6.10 Å². The van der Waals surface area contributed by atoms with Crippen LogP contribution in [0.2, 0.25) is 0 Å². The largest absolute Gasteiger partial charge is 0.394 e. The van der Waals surface area contributed by atoms with E-state index in [1.54, 1.807) is 0 Å². The molecule has 0 bridgehead atoms. The topological polar surface area (TPSA) is 49.7 Å². The van der Waals surface area contributed by atoms with Gasteiger partial charge in [0.2, 0.25) is 0 Å². The normalized spacial score (nSPS) is 28.4. The van der Waals surface area contributed by atoms with Crippen molar-refractivity contribution in [1.29, 1.82) is 0 Å². The molecular weight excluding hydrogens is 228 g/mol. The number of aliphatic hydroxyl groups is 2. The first kappa shape index (κ1) is 13.5. The van der Waals surface area contributed by atoms with Crippen molar-refractivity contribution in [3.05, 3.63) is 34.4 Å². The van der Waals surface area contributed by atoms with E-state index in [1.165, 1.54) is 5.56 Å². The lowest BCUT2D eigenvalue weighted by atomic mass is 9.89. The average molecular weight is 250 g/mol. The molecule has 1 heterocycles. The molecule has 1 aromatic carbocycles. The molecule has 2 rings (SSSR count). The molecule has 3 atom stereocenters. The van der Waals surface area contributed by atoms with Crippen LogP contribution in [0.1, 0.15) is 41.2 Å². The minimum absolute atomic E-state index is 0.0210. The molecule has 2 N–H and O–H groups in total. The maximum Gasteiger partial charge on any atom is 0.109 e. The van der Waals surface area contributed by atoms with Crippen LogP contribution in [0.4, 0.5) is 0 Å². The van der Waals surface area contributed by atoms with Gasteiger partial charge < -0.3 is 14.9 Å². The Hall–Kier alpha value is -0.900. The van der Waals surface area contributed by atoms with Crippen LogP contribution >= 0.6 is 0 Å². The molecule has 0 amide bonds. The van der Waals surface area contributed by atoms with E-state index < -0.39 is 6.10 Å². The van der Waals surface area contributed by atoms with Gasteiger partial charge in [-0.3, -0.25) is 0 Å². The van der Waals surface area contributed by atoms with Gasteiger partial charge in [-0.1, -0.05) is 17.7 Å². The van der Waals surface area contributed by atoms with Crippen molar-refractivity contribution >= 4 is 0 Å². The maximum absolute atomic E-state index is 10.1. The second-order valence-corrected chi connectivity index (χ2v) is 5.32. The van der Waals surface area contributed by atoms with Crippen LogP contribution in [0.3, 0.4) is 0 Å². The van der Waals surface area contributed by atoms with Gasteiger partial charge in [-0.25, -0.2) is 0 Å². The number of rotatable bonds is 2. The highest BCUT2D eigenvalue weighted by Gasteiger charge is 2.32. The summed E-state index contributed by atoms with van der Waals surface area (Å²) in [6.07, 6.45) is 0.462.